The minimum Gasteiger partial charge on any atom is -0.492 e. The number of hydrogen-bond donors (Lipinski definition) is 1. The number of piperidine rings is 1. The molecule has 0 spiro atoms. The predicted molar refractivity (Wildman–Crippen MR) is 99.5 cm³/mol. The van der Waals surface area contributed by atoms with Crippen molar-refractivity contribution < 1.29 is 14.3 Å². The van der Waals surface area contributed by atoms with Crippen molar-refractivity contribution in [3.8, 4) is 5.75 Å². The Hall–Kier alpha value is -2.51. The molecular weight excluding hydrogens is 344 g/mol. The van der Waals surface area contributed by atoms with Gasteiger partial charge >= 0.3 is 0 Å². The van der Waals surface area contributed by atoms with Gasteiger partial charge in [-0.1, -0.05) is 18.2 Å². The van der Waals surface area contributed by atoms with E-state index in [-0.39, 0.29) is 23.8 Å². The molecule has 2 fully saturated rings. The van der Waals surface area contributed by atoms with Gasteiger partial charge in [0.1, 0.15) is 18.7 Å². The number of amides is 1. The van der Waals surface area contributed by atoms with E-state index in [2.05, 4.69) is 20.2 Å². The maximum atomic E-state index is 12.5. The molecule has 1 amide bonds. The van der Waals surface area contributed by atoms with Crippen molar-refractivity contribution in [1.29, 1.82) is 0 Å². The molecule has 27 heavy (non-hydrogen) atoms. The van der Waals surface area contributed by atoms with E-state index >= 15 is 0 Å². The lowest BCUT2D eigenvalue weighted by atomic mass is 9.82. The van der Waals surface area contributed by atoms with Gasteiger partial charge in [-0.25, -0.2) is 9.97 Å². The van der Waals surface area contributed by atoms with Gasteiger partial charge in [0, 0.05) is 49.9 Å². The summed E-state index contributed by atoms with van der Waals surface area (Å²) < 4.78 is 11.6. The Bertz CT molecular complexity index is 729. The fourth-order valence-corrected chi connectivity index (χ4v) is 3.91. The van der Waals surface area contributed by atoms with Crippen LogP contribution in [0.2, 0.25) is 0 Å². The van der Waals surface area contributed by atoms with Crippen molar-refractivity contribution in [2.75, 3.05) is 39.5 Å². The highest BCUT2D eigenvalue weighted by Crippen LogP contribution is 2.28. The van der Waals surface area contributed by atoms with Crippen LogP contribution in [0.25, 0.3) is 0 Å². The number of ether oxygens (including phenoxy) is 2. The van der Waals surface area contributed by atoms with E-state index in [0.29, 0.717) is 25.4 Å². The summed E-state index contributed by atoms with van der Waals surface area (Å²) in [5.41, 5.74) is 0.496. The topological polar surface area (TPSA) is 76.6 Å². The van der Waals surface area contributed by atoms with Gasteiger partial charge in [0.2, 0.25) is 0 Å². The summed E-state index contributed by atoms with van der Waals surface area (Å²) in [4.78, 5) is 22.7. The van der Waals surface area contributed by atoms with Gasteiger partial charge in [0.05, 0.1) is 18.8 Å². The maximum Gasteiger partial charge on any atom is 0.254 e. The van der Waals surface area contributed by atoms with E-state index < -0.39 is 0 Å². The highest BCUT2D eigenvalue weighted by molar-refractivity contribution is 5.93. The zero-order valence-corrected chi connectivity index (χ0v) is 15.2. The highest BCUT2D eigenvalue weighted by Gasteiger charge is 2.41. The molecule has 1 N–H and O–H groups in total. The highest BCUT2D eigenvalue weighted by atomic mass is 16.5. The van der Waals surface area contributed by atoms with E-state index in [1.807, 2.05) is 30.3 Å². The van der Waals surface area contributed by atoms with Crippen molar-refractivity contribution in [2.24, 2.45) is 11.8 Å². The van der Waals surface area contributed by atoms with Crippen LogP contribution < -0.4 is 10.1 Å². The molecule has 2 saturated heterocycles. The minimum absolute atomic E-state index is 0.113. The Morgan fingerprint density at radius 3 is 2.56 bits per heavy atom. The van der Waals surface area contributed by atoms with Crippen LogP contribution in [0.3, 0.4) is 0 Å². The molecule has 0 saturated carbocycles. The summed E-state index contributed by atoms with van der Waals surface area (Å²) in [5.74, 6) is 1.34. The van der Waals surface area contributed by atoms with Gasteiger partial charge in [-0.05, 0) is 12.1 Å². The smallest absolute Gasteiger partial charge is 0.254 e. The van der Waals surface area contributed by atoms with Gasteiger partial charge in [0.15, 0.2) is 0 Å². The molecule has 7 heteroatoms. The minimum atomic E-state index is -0.113. The Kier molecular flexibility index (Phi) is 5.60. The lowest BCUT2D eigenvalue weighted by Crippen LogP contribution is -2.61. The second-order valence-electron chi connectivity index (χ2n) is 7.11. The van der Waals surface area contributed by atoms with Gasteiger partial charge in [-0.3, -0.25) is 9.69 Å². The summed E-state index contributed by atoms with van der Waals surface area (Å²) in [6, 6.07) is 9.99. The predicted octanol–water partition coefficient (Wildman–Crippen LogP) is 1.23. The lowest BCUT2D eigenvalue weighted by Gasteiger charge is -2.47. The number of aromatic nitrogens is 2. The lowest BCUT2D eigenvalue weighted by molar-refractivity contribution is -0.0637. The summed E-state index contributed by atoms with van der Waals surface area (Å²) >= 11 is 0. The second kappa shape index (κ2) is 8.45. The van der Waals surface area contributed by atoms with E-state index in [4.69, 9.17) is 9.47 Å². The van der Waals surface area contributed by atoms with Gasteiger partial charge in [-0.2, -0.15) is 0 Å². The number of para-hydroxylation sites is 1. The Balaban J connectivity index is 1.31. The summed E-state index contributed by atoms with van der Waals surface area (Å²) in [5, 5.41) is 3.18. The van der Waals surface area contributed by atoms with Crippen LogP contribution in [0.15, 0.2) is 49.1 Å². The molecule has 2 bridgehead atoms. The van der Waals surface area contributed by atoms with Gasteiger partial charge < -0.3 is 14.8 Å². The van der Waals surface area contributed by atoms with Gasteiger partial charge in [-0.15, -0.1) is 0 Å². The van der Waals surface area contributed by atoms with Crippen molar-refractivity contribution in [2.45, 2.75) is 6.04 Å². The molecule has 2 aliphatic heterocycles. The zero-order chi connectivity index (χ0) is 18.5. The molecule has 4 rings (SSSR count). The molecule has 7 nitrogen and oxygen atoms in total. The number of nitrogens with zero attached hydrogens (tertiary/aromatic N) is 3. The van der Waals surface area contributed by atoms with Crippen LogP contribution in [0, 0.1) is 11.8 Å². The standard InChI is InChI=1S/C20H24N4O3/c25-20(15-8-21-14-22-9-15)23-19-16-10-24(11-17(19)13-26-12-16)6-7-27-18-4-2-1-3-5-18/h1-5,8-9,14,16-17,19H,6-7,10-13H2,(H,23,25). The normalized spacial score (nSPS) is 25.0. The fourth-order valence-electron chi connectivity index (χ4n) is 3.91. The molecule has 0 aliphatic carbocycles. The molecule has 2 aromatic rings. The molecule has 3 heterocycles. The zero-order valence-electron chi connectivity index (χ0n) is 15.2. The van der Waals surface area contributed by atoms with E-state index in [9.17, 15) is 4.79 Å². The SMILES string of the molecule is O=C(NC1C2COCC1CN(CCOc1ccccc1)C2)c1cncnc1. The van der Waals surface area contributed by atoms with Crippen LogP contribution in [0.4, 0.5) is 0 Å². The molecule has 1 aromatic heterocycles. The molecule has 2 unspecified atom stereocenters. The Morgan fingerprint density at radius 1 is 1.15 bits per heavy atom. The number of hydrogen-bond acceptors (Lipinski definition) is 6. The average Bonchev–Trinajstić information content (AvgIpc) is 2.70. The van der Waals surface area contributed by atoms with Crippen molar-refractivity contribution in [3.63, 3.8) is 0 Å². The number of rotatable bonds is 6. The molecule has 2 aliphatic rings. The first-order valence-corrected chi connectivity index (χ1v) is 9.33. The number of nitrogens with one attached hydrogen (secondary N) is 1. The molecule has 0 radical (unpaired) electrons. The quantitative estimate of drug-likeness (QED) is 0.827. The number of benzene rings is 1. The summed E-state index contributed by atoms with van der Waals surface area (Å²) in [6.07, 6.45) is 4.52. The number of carbonyl (C=O) groups is 1. The summed E-state index contributed by atoms with van der Waals surface area (Å²) in [6.45, 7) is 4.65. The third kappa shape index (κ3) is 4.43. The van der Waals surface area contributed by atoms with Crippen molar-refractivity contribution >= 4 is 5.91 Å². The van der Waals surface area contributed by atoms with E-state index in [1.54, 1.807) is 12.4 Å². The monoisotopic (exact) mass is 368 g/mol. The number of carbonyl (C=O) groups excluding carboxylic acids is 1. The van der Waals surface area contributed by atoms with Crippen LogP contribution in [0.5, 0.6) is 5.75 Å². The largest absolute Gasteiger partial charge is 0.492 e. The third-order valence-corrected chi connectivity index (χ3v) is 5.20. The number of fused-ring (bicyclic) bond motifs is 2. The average molecular weight is 368 g/mol. The van der Waals surface area contributed by atoms with Crippen LogP contribution in [-0.2, 0) is 4.74 Å². The maximum absolute atomic E-state index is 12.5. The van der Waals surface area contributed by atoms with Crippen LogP contribution in [0.1, 0.15) is 10.4 Å². The number of likely N-dealkylation sites (tertiary alicyclic amines) is 1. The molecular formula is C20H24N4O3. The third-order valence-electron chi connectivity index (χ3n) is 5.20. The van der Waals surface area contributed by atoms with Gasteiger partial charge in [0.25, 0.3) is 5.91 Å². The molecule has 142 valence electrons. The second-order valence-corrected chi connectivity index (χ2v) is 7.11. The van der Waals surface area contributed by atoms with Crippen LogP contribution in [-0.4, -0.2) is 66.3 Å². The first-order chi connectivity index (χ1) is 13.3. The summed E-state index contributed by atoms with van der Waals surface area (Å²) in [7, 11) is 0. The van der Waals surface area contributed by atoms with Crippen molar-refractivity contribution in [3.05, 3.63) is 54.6 Å². The van der Waals surface area contributed by atoms with Crippen LogP contribution >= 0.6 is 0 Å². The Morgan fingerprint density at radius 2 is 1.85 bits per heavy atom. The van der Waals surface area contributed by atoms with E-state index in [1.165, 1.54) is 6.33 Å². The van der Waals surface area contributed by atoms with E-state index in [0.717, 1.165) is 25.4 Å². The molecule has 2 atom stereocenters. The molecule has 1 aromatic carbocycles. The van der Waals surface area contributed by atoms with Crippen molar-refractivity contribution in [1.82, 2.24) is 20.2 Å². The first-order valence-electron chi connectivity index (χ1n) is 9.33. The fraction of sp³-hybridized carbons (Fsp3) is 0.450. The first kappa shape index (κ1) is 17.9. The Labute approximate surface area is 158 Å².